The highest BCUT2D eigenvalue weighted by molar-refractivity contribution is 5.92. The summed E-state index contributed by atoms with van der Waals surface area (Å²) in [6.07, 6.45) is 10.2. The molecule has 0 unspecified atom stereocenters. The summed E-state index contributed by atoms with van der Waals surface area (Å²) < 4.78 is 32.2. The van der Waals surface area contributed by atoms with E-state index in [1.165, 1.54) is 0 Å². The smallest absolute Gasteiger partial charge is 0.339 e. The molecule has 0 radical (unpaired) electrons. The van der Waals surface area contributed by atoms with Gasteiger partial charge in [0.15, 0.2) is 11.9 Å². The highest BCUT2D eigenvalue weighted by Crippen LogP contribution is 2.85. The second kappa shape index (κ2) is 8.67. The number of furan rings is 1. The molecule has 0 amide bonds. The number of aliphatic hydroxyl groups is 1. The SMILES string of the molecule is CC1(C)O[C@H]2[C@H]3C(=O)OC[C@@]24[C@@H]1C(=O)[C@@H](O)[C@]1(C2CCCCC2)[C@@H]4[C@H](CC32CCCC2)C[C@@]2(C)[C@H](c3ccoc3)OC(=O)[C@H]3O[C@@]312. The first-order chi connectivity index (χ1) is 22.0. The highest BCUT2D eigenvalue weighted by atomic mass is 16.7. The molecule has 3 spiro atoms. The molecule has 248 valence electrons. The molecule has 0 aromatic carbocycles. The Labute approximate surface area is 269 Å². The number of Topliss-reactive ketones (excluding diaryl/α,β-unsaturated/α-hetero) is 1. The van der Waals surface area contributed by atoms with Crippen molar-refractivity contribution in [2.75, 3.05) is 6.61 Å². The van der Waals surface area contributed by atoms with Crippen molar-refractivity contribution in [2.45, 2.75) is 127 Å². The molecule has 2 bridgehead atoms. The van der Waals surface area contributed by atoms with Gasteiger partial charge in [0.2, 0.25) is 0 Å². The predicted molar refractivity (Wildman–Crippen MR) is 160 cm³/mol. The number of rotatable bonds is 2. The Kier molecular flexibility index (Phi) is 5.42. The summed E-state index contributed by atoms with van der Waals surface area (Å²) >= 11 is 0. The number of ether oxygens (including phenoxy) is 4. The van der Waals surface area contributed by atoms with Crippen molar-refractivity contribution < 1.29 is 42.9 Å². The van der Waals surface area contributed by atoms with E-state index in [-0.39, 0.29) is 41.5 Å². The van der Waals surface area contributed by atoms with Crippen LogP contribution in [0.5, 0.6) is 0 Å². The molecule has 5 saturated carbocycles. The zero-order chi connectivity index (χ0) is 31.6. The topological polar surface area (TPSA) is 125 Å². The van der Waals surface area contributed by atoms with Crippen LogP contribution in [0.2, 0.25) is 0 Å². The Balaban J connectivity index is 1.31. The number of carbonyl (C=O) groups excluding carboxylic acids is 3. The monoisotopic (exact) mass is 634 g/mol. The van der Waals surface area contributed by atoms with E-state index >= 15 is 4.79 Å². The van der Waals surface area contributed by atoms with E-state index in [0.717, 1.165) is 69.8 Å². The molecular formula is C37H46O9. The van der Waals surface area contributed by atoms with Crippen molar-refractivity contribution in [3.8, 4) is 0 Å². The van der Waals surface area contributed by atoms with E-state index in [1.807, 2.05) is 19.9 Å². The molecule has 5 aliphatic carbocycles. The number of esters is 2. The normalized spacial score (nSPS) is 52.7. The van der Waals surface area contributed by atoms with Crippen LogP contribution in [-0.4, -0.2) is 58.9 Å². The molecule has 1 N–H and O–H groups in total. The van der Waals surface area contributed by atoms with Crippen molar-refractivity contribution >= 4 is 17.7 Å². The first-order valence-corrected chi connectivity index (χ1v) is 18.0. The summed E-state index contributed by atoms with van der Waals surface area (Å²) in [7, 11) is 0. The number of cyclic esters (lactones) is 2. The van der Waals surface area contributed by atoms with Crippen LogP contribution in [0.4, 0.5) is 0 Å². The Morgan fingerprint density at radius 1 is 0.891 bits per heavy atom. The van der Waals surface area contributed by atoms with Gasteiger partial charge in [-0.25, -0.2) is 4.79 Å². The minimum absolute atomic E-state index is 0.0384. The maximum atomic E-state index is 15.3. The van der Waals surface area contributed by atoms with Crippen LogP contribution in [0.1, 0.15) is 103 Å². The zero-order valence-corrected chi connectivity index (χ0v) is 27.1. The van der Waals surface area contributed by atoms with Gasteiger partial charge in [-0.05, 0) is 81.6 Å². The van der Waals surface area contributed by atoms with E-state index in [9.17, 15) is 14.7 Å². The quantitative estimate of drug-likeness (QED) is 0.350. The van der Waals surface area contributed by atoms with Gasteiger partial charge in [0, 0.05) is 21.8 Å². The lowest BCUT2D eigenvalue weighted by atomic mass is 9.31. The summed E-state index contributed by atoms with van der Waals surface area (Å²) in [5.41, 5.74) is -4.16. The van der Waals surface area contributed by atoms with E-state index in [1.54, 1.807) is 12.5 Å². The van der Waals surface area contributed by atoms with E-state index in [2.05, 4.69) is 6.92 Å². The molecule has 9 nitrogen and oxygen atoms in total. The van der Waals surface area contributed by atoms with Crippen LogP contribution < -0.4 is 0 Å². The first-order valence-electron chi connectivity index (χ1n) is 18.0. The fourth-order valence-electron chi connectivity index (χ4n) is 14.9. The maximum absolute atomic E-state index is 15.3. The molecule has 4 aliphatic heterocycles. The number of fused-ring (bicyclic) bond motifs is 1. The Morgan fingerprint density at radius 3 is 2.37 bits per heavy atom. The highest BCUT2D eigenvalue weighted by Gasteiger charge is 2.95. The van der Waals surface area contributed by atoms with Crippen LogP contribution in [0.3, 0.4) is 0 Å². The third-order valence-electron chi connectivity index (χ3n) is 15.7. The summed E-state index contributed by atoms with van der Waals surface area (Å²) in [5, 5.41) is 13.1. The van der Waals surface area contributed by atoms with Crippen LogP contribution in [0.25, 0.3) is 0 Å². The molecule has 9 heteroatoms. The van der Waals surface area contributed by atoms with Gasteiger partial charge >= 0.3 is 11.9 Å². The van der Waals surface area contributed by atoms with Gasteiger partial charge in [0.1, 0.15) is 24.4 Å². The largest absolute Gasteiger partial charge is 0.472 e. The minimum atomic E-state index is -1.34. The first kappa shape index (κ1) is 28.8. The molecule has 4 saturated heterocycles. The number of ketones is 1. The number of epoxide rings is 1. The molecule has 46 heavy (non-hydrogen) atoms. The predicted octanol–water partition coefficient (Wildman–Crippen LogP) is 5.08. The lowest BCUT2D eigenvalue weighted by Gasteiger charge is -2.71. The fourth-order valence-corrected chi connectivity index (χ4v) is 14.9. The van der Waals surface area contributed by atoms with Gasteiger partial charge in [-0.15, -0.1) is 0 Å². The van der Waals surface area contributed by atoms with Crippen molar-refractivity contribution in [2.24, 2.45) is 51.2 Å². The van der Waals surface area contributed by atoms with Crippen molar-refractivity contribution in [3.05, 3.63) is 24.2 Å². The minimum Gasteiger partial charge on any atom is -0.472 e. The number of hydrogen-bond acceptors (Lipinski definition) is 9. The molecule has 5 heterocycles. The van der Waals surface area contributed by atoms with Gasteiger partial charge in [-0.3, -0.25) is 9.59 Å². The number of hydrogen-bond donors (Lipinski definition) is 1. The summed E-state index contributed by atoms with van der Waals surface area (Å²) in [4.78, 5) is 43.4. The van der Waals surface area contributed by atoms with Gasteiger partial charge in [0.05, 0.1) is 36.1 Å². The summed E-state index contributed by atoms with van der Waals surface area (Å²) in [5.74, 6) is -2.16. The molecule has 1 aromatic heterocycles. The second-order valence-electron chi connectivity index (χ2n) is 17.6. The number of aliphatic hydroxyl groups excluding tert-OH is 1. The Hall–Kier alpha value is -2.23. The van der Waals surface area contributed by atoms with Gasteiger partial charge in [-0.2, -0.15) is 0 Å². The molecule has 9 aliphatic rings. The van der Waals surface area contributed by atoms with E-state index in [0.29, 0.717) is 6.42 Å². The average molecular weight is 635 g/mol. The van der Waals surface area contributed by atoms with E-state index < -0.39 is 69.7 Å². The van der Waals surface area contributed by atoms with Crippen LogP contribution in [-0.2, 0) is 33.3 Å². The molecule has 9 fully saturated rings. The standard InChI is InChI=1S/C37H46O9/c1-32(2)25-23(38)26(39)36(21-9-5-4-6-10-21)24-20(15-33(3)27(19-11-14-42-17-19)44-31(41)29-37(33,36)46-29)16-34(12-7-8-13-34)22-28(45-32)35(24,25)18-43-30(22)40/h11,14,17,20-22,24-29,39H,4-10,12-13,15-16,18H2,1-3H3/t20-,22-,24+,25+,26+,27-,28-,29+,33-,35+,36-,37+/m0/s1. The zero-order valence-electron chi connectivity index (χ0n) is 27.1. The van der Waals surface area contributed by atoms with Crippen LogP contribution in [0.15, 0.2) is 23.0 Å². The van der Waals surface area contributed by atoms with Gasteiger partial charge in [0.25, 0.3) is 0 Å². The summed E-state index contributed by atoms with van der Waals surface area (Å²) in [6, 6.07) is 1.87. The lowest BCUT2D eigenvalue weighted by molar-refractivity contribution is -0.289. The second-order valence-corrected chi connectivity index (χ2v) is 17.6. The third-order valence-corrected chi connectivity index (χ3v) is 15.7. The van der Waals surface area contributed by atoms with Crippen LogP contribution >= 0.6 is 0 Å². The molecule has 12 atom stereocenters. The molecule has 1 aromatic rings. The molecule has 10 rings (SSSR count). The van der Waals surface area contributed by atoms with Crippen molar-refractivity contribution in [1.29, 1.82) is 0 Å². The Morgan fingerprint density at radius 2 is 1.65 bits per heavy atom. The lowest BCUT2D eigenvalue weighted by Crippen LogP contribution is -2.80. The summed E-state index contributed by atoms with van der Waals surface area (Å²) in [6.45, 7) is 6.25. The van der Waals surface area contributed by atoms with Gasteiger partial charge < -0.3 is 28.5 Å². The van der Waals surface area contributed by atoms with Gasteiger partial charge in [-0.1, -0.05) is 39.0 Å². The van der Waals surface area contributed by atoms with Crippen LogP contribution in [0, 0.1) is 51.2 Å². The third kappa shape index (κ3) is 2.86. The maximum Gasteiger partial charge on any atom is 0.339 e. The fraction of sp³-hybridized carbons (Fsp3) is 0.811. The number of carbonyl (C=O) groups is 3. The van der Waals surface area contributed by atoms with Crippen molar-refractivity contribution in [1.82, 2.24) is 0 Å². The molecular weight excluding hydrogens is 588 g/mol. The Bertz CT molecular complexity index is 1520. The van der Waals surface area contributed by atoms with Crippen molar-refractivity contribution in [3.63, 3.8) is 0 Å². The average Bonchev–Trinajstić information content (AvgIpc) is 3.30. The van der Waals surface area contributed by atoms with E-state index in [4.69, 9.17) is 23.4 Å².